The first-order valence-electron chi connectivity index (χ1n) is 8.12. The van der Waals surface area contributed by atoms with Gasteiger partial charge in [-0.15, -0.1) is 0 Å². The van der Waals surface area contributed by atoms with Gasteiger partial charge in [0.2, 0.25) is 0 Å². The third-order valence-corrected chi connectivity index (χ3v) is 4.08. The van der Waals surface area contributed by atoms with E-state index in [-0.39, 0.29) is 5.91 Å². The van der Waals surface area contributed by atoms with Gasteiger partial charge in [-0.1, -0.05) is 30.3 Å². The first-order valence-corrected chi connectivity index (χ1v) is 8.12. The van der Waals surface area contributed by atoms with Crippen LogP contribution in [0.25, 0.3) is 11.1 Å². The maximum atomic E-state index is 12.3. The van der Waals surface area contributed by atoms with Crippen molar-refractivity contribution >= 4 is 23.0 Å². The Hall–Kier alpha value is -3.02. The molecule has 1 aromatic carbocycles. The molecular weight excluding hydrogens is 320 g/mol. The number of fused-ring (bicyclic) bond motifs is 1. The SMILES string of the molecule is C[C@@H](OC(=O)c1cc2occc2n1C)C(=O)NCCc1ccccc1. The Labute approximate surface area is 145 Å². The third-order valence-electron chi connectivity index (χ3n) is 4.08. The summed E-state index contributed by atoms with van der Waals surface area (Å²) in [5.74, 6) is -0.873. The van der Waals surface area contributed by atoms with Gasteiger partial charge in [0, 0.05) is 25.7 Å². The monoisotopic (exact) mass is 340 g/mol. The van der Waals surface area contributed by atoms with Crippen LogP contribution in [0.3, 0.4) is 0 Å². The molecule has 130 valence electrons. The number of esters is 1. The molecule has 0 aliphatic heterocycles. The average molecular weight is 340 g/mol. The van der Waals surface area contributed by atoms with Crippen molar-refractivity contribution in [2.24, 2.45) is 7.05 Å². The predicted molar refractivity (Wildman–Crippen MR) is 93.2 cm³/mol. The topological polar surface area (TPSA) is 73.5 Å². The molecule has 25 heavy (non-hydrogen) atoms. The zero-order chi connectivity index (χ0) is 17.8. The van der Waals surface area contributed by atoms with Gasteiger partial charge in [0.05, 0.1) is 11.8 Å². The normalized spacial score (nSPS) is 12.1. The van der Waals surface area contributed by atoms with Crippen molar-refractivity contribution in [3.05, 3.63) is 60.0 Å². The minimum atomic E-state index is -0.871. The summed E-state index contributed by atoms with van der Waals surface area (Å²) in [7, 11) is 1.75. The largest absolute Gasteiger partial charge is 0.463 e. The van der Waals surface area contributed by atoms with Gasteiger partial charge in [-0.3, -0.25) is 4.79 Å². The number of benzene rings is 1. The molecular formula is C19H20N2O4. The summed E-state index contributed by atoms with van der Waals surface area (Å²) >= 11 is 0. The second-order valence-corrected chi connectivity index (χ2v) is 5.83. The van der Waals surface area contributed by atoms with Crippen LogP contribution in [0, 0.1) is 0 Å². The summed E-state index contributed by atoms with van der Waals surface area (Å²) in [5.41, 5.74) is 2.89. The molecule has 0 unspecified atom stereocenters. The molecule has 1 N–H and O–H groups in total. The molecule has 0 radical (unpaired) electrons. The van der Waals surface area contributed by atoms with Gasteiger partial charge >= 0.3 is 5.97 Å². The zero-order valence-electron chi connectivity index (χ0n) is 14.2. The molecule has 3 aromatic rings. The molecule has 0 aliphatic carbocycles. The van der Waals surface area contributed by atoms with Crippen LogP contribution in [0.4, 0.5) is 0 Å². The molecule has 0 bridgehead atoms. The van der Waals surface area contributed by atoms with Crippen molar-refractivity contribution in [3.8, 4) is 0 Å². The van der Waals surface area contributed by atoms with Crippen molar-refractivity contribution < 1.29 is 18.7 Å². The number of furan rings is 1. The lowest BCUT2D eigenvalue weighted by molar-refractivity contribution is -0.129. The van der Waals surface area contributed by atoms with E-state index in [1.54, 1.807) is 36.9 Å². The predicted octanol–water partition coefficient (Wildman–Crippen LogP) is 2.68. The highest BCUT2D eigenvalue weighted by molar-refractivity contribution is 5.95. The van der Waals surface area contributed by atoms with E-state index in [1.807, 2.05) is 30.3 Å². The molecule has 3 rings (SSSR count). The molecule has 6 heteroatoms. The van der Waals surface area contributed by atoms with Crippen molar-refractivity contribution in [2.75, 3.05) is 6.54 Å². The van der Waals surface area contributed by atoms with E-state index in [9.17, 15) is 9.59 Å². The highest BCUT2D eigenvalue weighted by atomic mass is 16.5. The van der Waals surface area contributed by atoms with Gasteiger partial charge in [-0.05, 0) is 18.9 Å². The Morgan fingerprint density at radius 1 is 1.24 bits per heavy atom. The molecule has 0 aliphatic rings. The van der Waals surface area contributed by atoms with E-state index < -0.39 is 12.1 Å². The molecule has 6 nitrogen and oxygen atoms in total. The van der Waals surface area contributed by atoms with Gasteiger partial charge in [0.15, 0.2) is 11.7 Å². The van der Waals surface area contributed by atoms with E-state index in [2.05, 4.69) is 5.32 Å². The van der Waals surface area contributed by atoms with Crippen molar-refractivity contribution in [1.82, 2.24) is 9.88 Å². The van der Waals surface area contributed by atoms with Crippen LogP contribution in [0.1, 0.15) is 23.0 Å². The average Bonchev–Trinajstić information content (AvgIpc) is 3.19. The second kappa shape index (κ2) is 7.25. The summed E-state index contributed by atoms with van der Waals surface area (Å²) in [6, 6.07) is 13.2. The van der Waals surface area contributed by atoms with Gasteiger partial charge in [0.25, 0.3) is 5.91 Å². The molecule has 0 fully saturated rings. The van der Waals surface area contributed by atoms with Crippen molar-refractivity contribution in [3.63, 3.8) is 0 Å². The summed E-state index contributed by atoms with van der Waals surface area (Å²) in [4.78, 5) is 24.4. The molecule has 0 saturated heterocycles. The van der Waals surface area contributed by atoms with Crippen molar-refractivity contribution in [1.29, 1.82) is 0 Å². The number of hydrogen-bond acceptors (Lipinski definition) is 4. The fourth-order valence-electron chi connectivity index (χ4n) is 2.64. The van der Waals surface area contributed by atoms with Gasteiger partial charge in [-0.2, -0.15) is 0 Å². The number of aryl methyl sites for hydroxylation is 1. The summed E-state index contributed by atoms with van der Waals surface area (Å²) in [6.07, 6.45) is 1.41. The fourth-order valence-corrected chi connectivity index (χ4v) is 2.64. The number of rotatable bonds is 6. The smallest absolute Gasteiger partial charge is 0.355 e. The lowest BCUT2D eigenvalue weighted by atomic mass is 10.1. The van der Waals surface area contributed by atoms with Crippen LogP contribution in [0.15, 0.2) is 53.1 Å². The number of amides is 1. The van der Waals surface area contributed by atoms with E-state index in [0.29, 0.717) is 17.8 Å². The number of ether oxygens (including phenoxy) is 1. The van der Waals surface area contributed by atoms with E-state index in [0.717, 1.165) is 17.5 Å². The minimum absolute atomic E-state index is 0.317. The fraction of sp³-hybridized carbons (Fsp3) is 0.263. The van der Waals surface area contributed by atoms with Crippen LogP contribution < -0.4 is 5.32 Å². The van der Waals surface area contributed by atoms with Crippen LogP contribution in [-0.4, -0.2) is 29.1 Å². The zero-order valence-corrected chi connectivity index (χ0v) is 14.2. The quantitative estimate of drug-likeness (QED) is 0.700. The first kappa shape index (κ1) is 16.8. The Balaban J connectivity index is 1.53. The van der Waals surface area contributed by atoms with Gasteiger partial charge in [0.1, 0.15) is 5.69 Å². The number of nitrogens with one attached hydrogen (secondary N) is 1. The summed E-state index contributed by atoms with van der Waals surface area (Å²) in [5, 5.41) is 2.78. The van der Waals surface area contributed by atoms with Crippen LogP contribution in [0.2, 0.25) is 0 Å². The maximum absolute atomic E-state index is 12.3. The second-order valence-electron chi connectivity index (χ2n) is 5.83. The Bertz CT molecular complexity index is 879. The molecule has 0 saturated carbocycles. The number of carbonyl (C=O) groups excluding carboxylic acids is 2. The summed E-state index contributed by atoms with van der Waals surface area (Å²) in [6.45, 7) is 2.05. The molecule has 1 amide bonds. The van der Waals surface area contributed by atoms with E-state index in [1.165, 1.54) is 0 Å². The first-order chi connectivity index (χ1) is 12.1. The highest BCUT2D eigenvalue weighted by Crippen LogP contribution is 2.20. The number of aromatic nitrogens is 1. The summed E-state index contributed by atoms with van der Waals surface area (Å²) < 4.78 is 12.2. The van der Waals surface area contributed by atoms with Gasteiger partial charge in [-0.25, -0.2) is 4.79 Å². The number of carbonyl (C=O) groups is 2. The Morgan fingerprint density at radius 3 is 2.72 bits per heavy atom. The molecule has 2 heterocycles. The molecule has 1 atom stereocenters. The highest BCUT2D eigenvalue weighted by Gasteiger charge is 2.22. The van der Waals surface area contributed by atoms with Crippen molar-refractivity contribution in [2.45, 2.75) is 19.4 Å². The molecule has 2 aromatic heterocycles. The third kappa shape index (κ3) is 3.74. The molecule has 0 spiro atoms. The maximum Gasteiger partial charge on any atom is 0.355 e. The van der Waals surface area contributed by atoms with Crippen LogP contribution >= 0.6 is 0 Å². The Morgan fingerprint density at radius 2 is 2.00 bits per heavy atom. The van der Waals surface area contributed by atoms with E-state index >= 15 is 0 Å². The van der Waals surface area contributed by atoms with Gasteiger partial charge < -0.3 is 19.0 Å². The van der Waals surface area contributed by atoms with E-state index in [4.69, 9.17) is 9.15 Å². The number of hydrogen-bond donors (Lipinski definition) is 1. The lowest BCUT2D eigenvalue weighted by Crippen LogP contribution is -2.37. The van der Waals surface area contributed by atoms with Crippen LogP contribution in [-0.2, 0) is 23.0 Å². The lowest BCUT2D eigenvalue weighted by Gasteiger charge is -2.13. The number of nitrogens with zero attached hydrogens (tertiary/aromatic N) is 1. The standard InChI is InChI=1S/C19H20N2O4/c1-13(18(22)20-10-8-14-6-4-3-5-7-14)25-19(23)16-12-17-15(21(16)2)9-11-24-17/h3-7,9,11-13H,8,10H2,1-2H3,(H,20,22)/t13-/m1/s1. The van der Waals surface area contributed by atoms with Crippen LogP contribution in [0.5, 0.6) is 0 Å². The Kier molecular flexibility index (Phi) is 4.88. The minimum Gasteiger partial charge on any atom is -0.463 e.